The number of hydrogen-bond acceptors (Lipinski definition) is 2. The molecule has 15 heavy (non-hydrogen) atoms. The molecule has 1 aliphatic rings. The van der Waals surface area contributed by atoms with E-state index in [0.29, 0.717) is 17.0 Å². The summed E-state index contributed by atoms with van der Waals surface area (Å²) in [5.74, 6) is 1.91. The van der Waals surface area contributed by atoms with Crippen LogP contribution in [0.25, 0.3) is 0 Å². The summed E-state index contributed by atoms with van der Waals surface area (Å²) < 4.78 is 0. The summed E-state index contributed by atoms with van der Waals surface area (Å²) in [6, 6.07) is 0. The van der Waals surface area contributed by atoms with Crippen molar-refractivity contribution in [1.82, 2.24) is 9.97 Å². The molecule has 2 nitrogen and oxygen atoms in total. The molecule has 0 unspecified atom stereocenters. The first-order chi connectivity index (χ1) is 7.09. The molecule has 0 spiro atoms. The highest BCUT2D eigenvalue weighted by atomic mass is 35.5. The lowest BCUT2D eigenvalue weighted by Gasteiger charge is -2.25. The minimum absolute atomic E-state index is 0.396. The monoisotopic (exact) mass is 224 g/mol. The van der Waals surface area contributed by atoms with Gasteiger partial charge in [0.2, 0.25) is 0 Å². The van der Waals surface area contributed by atoms with Crippen LogP contribution < -0.4 is 0 Å². The van der Waals surface area contributed by atoms with Gasteiger partial charge in [-0.15, -0.1) is 0 Å². The van der Waals surface area contributed by atoms with E-state index in [-0.39, 0.29) is 0 Å². The van der Waals surface area contributed by atoms with Crippen LogP contribution >= 0.6 is 11.6 Å². The molecule has 0 bridgehead atoms. The van der Waals surface area contributed by atoms with Crippen LogP contribution in [-0.2, 0) is 0 Å². The minimum atomic E-state index is 0.396. The molecule has 0 atom stereocenters. The van der Waals surface area contributed by atoms with Crippen LogP contribution in [0.4, 0.5) is 0 Å². The third kappa shape index (κ3) is 2.00. The van der Waals surface area contributed by atoms with E-state index in [1.165, 1.54) is 19.3 Å². The second-order valence-electron chi connectivity index (χ2n) is 4.65. The molecule has 0 radical (unpaired) electrons. The fourth-order valence-corrected chi connectivity index (χ4v) is 2.51. The van der Waals surface area contributed by atoms with E-state index in [1.54, 1.807) is 0 Å². The Morgan fingerprint density at radius 3 is 2.33 bits per heavy atom. The Bertz CT molecular complexity index is 347. The van der Waals surface area contributed by atoms with Crippen molar-refractivity contribution in [2.45, 2.75) is 51.9 Å². The molecule has 1 fully saturated rings. The summed E-state index contributed by atoms with van der Waals surface area (Å²) in [7, 11) is 0. The smallest absolute Gasteiger partial charge is 0.136 e. The maximum atomic E-state index is 6.20. The summed E-state index contributed by atoms with van der Waals surface area (Å²) in [6.07, 6.45) is 3.74. The first-order valence-corrected chi connectivity index (χ1v) is 6.01. The third-order valence-corrected chi connectivity index (χ3v) is 3.44. The van der Waals surface area contributed by atoms with Crippen LogP contribution in [0, 0.1) is 6.92 Å². The van der Waals surface area contributed by atoms with Crippen molar-refractivity contribution in [3.8, 4) is 0 Å². The molecule has 1 aliphatic carbocycles. The lowest BCUT2D eigenvalue weighted by atomic mass is 9.84. The first-order valence-electron chi connectivity index (χ1n) is 5.63. The van der Waals surface area contributed by atoms with Crippen LogP contribution in [0.1, 0.15) is 62.0 Å². The Kier molecular flexibility index (Phi) is 2.96. The number of halogens is 1. The van der Waals surface area contributed by atoms with Gasteiger partial charge in [0.25, 0.3) is 0 Å². The van der Waals surface area contributed by atoms with Crippen LogP contribution in [0.15, 0.2) is 0 Å². The predicted octanol–water partition coefficient (Wildman–Crippen LogP) is 3.83. The maximum Gasteiger partial charge on any atom is 0.136 e. The predicted molar refractivity (Wildman–Crippen MR) is 62.5 cm³/mol. The number of rotatable bonds is 2. The van der Waals surface area contributed by atoms with Gasteiger partial charge in [-0.05, 0) is 25.7 Å². The Balaban J connectivity index is 2.37. The summed E-state index contributed by atoms with van der Waals surface area (Å²) in [6.45, 7) is 6.28. The molecule has 1 saturated carbocycles. The molecule has 0 N–H and O–H groups in total. The van der Waals surface area contributed by atoms with Gasteiger partial charge < -0.3 is 0 Å². The fraction of sp³-hybridized carbons (Fsp3) is 0.667. The van der Waals surface area contributed by atoms with Crippen LogP contribution in [0.5, 0.6) is 0 Å². The van der Waals surface area contributed by atoms with E-state index < -0.39 is 0 Å². The number of aromatic nitrogens is 2. The zero-order valence-electron chi connectivity index (χ0n) is 9.55. The second-order valence-corrected chi connectivity index (χ2v) is 5.01. The van der Waals surface area contributed by atoms with E-state index in [2.05, 4.69) is 23.8 Å². The van der Waals surface area contributed by atoms with Gasteiger partial charge in [-0.2, -0.15) is 0 Å². The average molecular weight is 225 g/mol. The normalized spacial score (nSPS) is 16.9. The molecule has 0 aliphatic heterocycles. The van der Waals surface area contributed by atoms with E-state index in [9.17, 15) is 0 Å². The Morgan fingerprint density at radius 1 is 1.27 bits per heavy atom. The number of nitrogens with zero attached hydrogens (tertiary/aromatic N) is 2. The molecule has 82 valence electrons. The molecule has 2 rings (SSSR count). The molecular formula is C12H17ClN2. The van der Waals surface area contributed by atoms with E-state index in [4.69, 9.17) is 11.6 Å². The van der Waals surface area contributed by atoms with Crippen molar-refractivity contribution < 1.29 is 0 Å². The maximum absolute atomic E-state index is 6.20. The molecule has 0 aromatic carbocycles. The van der Waals surface area contributed by atoms with Gasteiger partial charge in [-0.25, -0.2) is 9.97 Å². The Hall–Kier alpha value is -0.630. The van der Waals surface area contributed by atoms with Crippen molar-refractivity contribution in [1.29, 1.82) is 0 Å². The highest BCUT2D eigenvalue weighted by Crippen LogP contribution is 2.36. The quantitative estimate of drug-likeness (QED) is 0.714. The summed E-state index contributed by atoms with van der Waals surface area (Å²) in [4.78, 5) is 9.01. The topological polar surface area (TPSA) is 25.8 Å². The zero-order valence-corrected chi connectivity index (χ0v) is 10.3. The van der Waals surface area contributed by atoms with Gasteiger partial charge >= 0.3 is 0 Å². The van der Waals surface area contributed by atoms with Crippen LogP contribution in [0.2, 0.25) is 5.15 Å². The summed E-state index contributed by atoms with van der Waals surface area (Å²) in [5.41, 5.74) is 2.15. The second kappa shape index (κ2) is 4.09. The molecule has 1 aromatic rings. The summed E-state index contributed by atoms with van der Waals surface area (Å²) >= 11 is 6.20. The van der Waals surface area contributed by atoms with Gasteiger partial charge in [-0.3, -0.25) is 0 Å². The van der Waals surface area contributed by atoms with Crippen molar-refractivity contribution in [3.63, 3.8) is 0 Å². The molecule has 3 heteroatoms. The van der Waals surface area contributed by atoms with Gasteiger partial charge in [-0.1, -0.05) is 31.9 Å². The van der Waals surface area contributed by atoms with Crippen molar-refractivity contribution >= 4 is 11.6 Å². The van der Waals surface area contributed by atoms with Gasteiger partial charge in [0, 0.05) is 17.2 Å². The highest BCUT2D eigenvalue weighted by Gasteiger charge is 2.24. The summed E-state index contributed by atoms with van der Waals surface area (Å²) in [5, 5.41) is 0.652. The van der Waals surface area contributed by atoms with E-state index >= 15 is 0 Å². The lowest BCUT2D eigenvalue weighted by molar-refractivity contribution is 0.400. The van der Waals surface area contributed by atoms with Crippen LogP contribution in [0.3, 0.4) is 0 Å². The van der Waals surface area contributed by atoms with Crippen LogP contribution in [-0.4, -0.2) is 9.97 Å². The van der Waals surface area contributed by atoms with Crippen molar-refractivity contribution in [2.75, 3.05) is 0 Å². The largest absolute Gasteiger partial charge is 0.238 e. The minimum Gasteiger partial charge on any atom is -0.238 e. The van der Waals surface area contributed by atoms with Gasteiger partial charge in [0.05, 0.1) is 0 Å². The fourth-order valence-electron chi connectivity index (χ4n) is 2.07. The standard InChI is InChI=1S/C12H17ClN2/c1-7(2)10-8(3)14-12(15-11(10)13)9-5-4-6-9/h7,9H,4-6H2,1-3H3. The highest BCUT2D eigenvalue weighted by molar-refractivity contribution is 6.30. The molecular weight excluding hydrogens is 208 g/mol. The average Bonchev–Trinajstić information content (AvgIpc) is 1.97. The number of aryl methyl sites for hydroxylation is 1. The Labute approximate surface area is 96.1 Å². The first kappa shape index (κ1) is 10.9. The molecule has 1 heterocycles. The zero-order chi connectivity index (χ0) is 11.0. The van der Waals surface area contributed by atoms with Gasteiger partial charge in [0.1, 0.15) is 11.0 Å². The Morgan fingerprint density at radius 2 is 1.93 bits per heavy atom. The van der Waals surface area contributed by atoms with Crippen molar-refractivity contribution in [3.05, 3.63) is 22.2 Å². The molecule has 0 saturated heterocycles. The van der Waals surface area contributed by atoms with Crippen molar-refractivity contribution in [2.24, 2.45) is 0 Å². The molecule has 1 aromatic heterocycles. The van der Waals surface area contributed by atoms with E-state index in [1.807, 2.05) is 6.92 Å². The molecule has 0 amide bonds. The number of hydrogen-bond donors (Lipinski definition) is 0. The third-order valence-electron chi connectivity index (χ3n) is 3.15. The lowest BCUT2D eigenvalue weighted by Crippen LogP contribution is -2.14. The van der Waals surface area contributed by atoms with Gasteiger partial charge in [0.15, 0.2) is 0 Å². The SMILES string of the molecule is Cc1nc(C2CCC2)nc(Cl)c1C(C)C. The van der Waals surface area contributed by atoms with E-state index in [0.717, 1.165) is 17.1 Å².